The van der Waals surface area contributed by atoms with Crippen molar-refractivity contribution in [2.24, 2.45) is 0 Å². The highest BCUT2D eigenvalue weighted by atomic mass is 19.4. The summed E-state index contributed by atoms with van der Waals surface area (Å²) in [5.74, 6) is 0. The Morgan fingerprint density at radius 2 is 0.528 bits per heavy atom. The van der Waals surface area contributed by atoms with Gasteiger partial charge in [0.2, 0.25) is 0 Å². The number of para-hydroxylation sites is 8. The molecule has 0 aliphatic carbocycles. The lowest BCUT2D eigenvalue weighted by molar-refractivity contribution is -0.142. The molecule has 6 aromatic heterocycles. The number of rotatable bonds is 8. The minimum Gasteiger partial charge on any atom is -0.309 e. The van der Waals surface area contributed by atoms with E-state index in [0.29, 0.717) is 34.1 Å². The number of benzene rings is 15. The Morgan fingerprint density at radius 1 is 0.226 bits per heavy atom. The van der Waals surface area contributed by atoms with Gasteiger partial charge in [-0.2, -0.15) is 31.6 Å². The third-order valence-electron chi connectivity index (χ3n) is 21.7. The number of halogens is 6. The summed E-state index contributed by atoms with van der Waals surface area (Å²) in [6.07, 6.45) is -10.3. The maximum absolute atomic E-state index is 15.8. The molecule has 0 atom stereocenters. The number of alkyl halides is 6. The first-order chi connectivity index (χ1) is 51.8. The normalized spacial score (nSPS) is 12.4. The fraction of sp³-hybridized carbons (Fsp3) is 0.0215. The first-order valence-corrected chi connectivity index (χ1v) is 34.9. The minimum absolute atomic E-state index is 0.0204. The van der Waals surface area contributed by atoms with Crippen LogP contribution in [0.5, 0.6) is 0 Å². The highest BCUT2D eigenvalue weighted by molar-refractivity contribution is 6.17. The second-order valence-corrected chi connectivity index (χ2v) is 27.3. The minimum atomic E-state index is -5.21. The molecule has 0 amide bonds. The number of hydrogen-bond donors (Lipinski definition) is 0. The Bertz CT molecular complexity index is 6850. The Kier molecular flexibility index (Phi) is 13.0. The van der Waals surface area contributed by atoms with Crippen LogP contribution in [0.3, 0.4) is 0 Å². The molecule has 502 valence electrons. The van der Waals surface area contributed by atoms with Crippen LogP contribution in [0.25, 0.3) is 187 Å². The van der Waals surface area contributed by atoms with Gasteiger partial charge in [-0.15, -0.1) is 0 Å². The predicted molar refractivity (Wildman–Crippen MR) is 418 cm³/mol. The largest absolute Gasteiger partial charge is 0.417 e. The molecule has 7 nitrogen and oxygen atoms in total. The molecule has 0 saturated heterocycles. The van der Waals surface area contributed by atoms with E-state index in [1.165, 1.54) is 0 Å². The second kappa shape index (κ2) is 22.6. The quantitative estimate of drug-likeness (QED) is 0.140. The van der Waals surface area contributed by atoms with E-state index in [9.17, 15) is 18.4 Å². The lowest BCUT2D eigenvalue weighted by Gasteiger charge is -2.21. The number of nitriles is 1. The summed E-state index contributed by atoms with van der Waals surface area (Å²) in [6, 6.07) is 107. The van der Waals surface area contributed by atoms with Crippen LogP contribution < -0.4 is 0 Å². The molecule has 0 bridgehead atoms. The molecule has 21 rings (SSSR count). The molecule has 0 spiro atoms. The fourth-order valence-corrected chi connectivity index (χ4v) is 17.2. The summed E-state index contributed by atoms with van der Waals surface area (Å²) < 4.78 is 105. The monoisotopic (exact) mass is 1380 g/mol. The van der Waals surface area contributed by atoms with Gasteiger partial charge in [-0.05, 0) is 169 Å². The van der Waals surface area contributed by atoms with Crippen molar-refractivity contribution in [3.8, 4) is 62.4 Å². The third kappa shape index (κ3) is 8.94. The zero-order valence-electron chi connectivity index (χ0n) is 56.0. The average Bonchev–Trinajstić information content (AvgIpc) is 1.54. The molecule has 0 unspecified atom stereocenters. The maximum atomic E-state index is 15.8. The SMILES string of the molecule is N#Cc1ccc(-c2cc(-c3ccc(C(F)(F)F)cc3C(F)(F)F)ccc2-n2c3ccc(-n4c5ccccc5c5ccccc54)cc3c3cc(-n4c5ccccc5c5ccccc54)ccc32)c(-n2c3ccc(-n4c5ccccc5c5ccccc54)cc3c3cc(-n4c5ccccc5c5ccccc54)ccc32)c1. The highest BCUT2D eigenvalue weighted by Crippen LogP contribution is 2.49. The summed E-state index contributed by atoms with van der Waals surface area (Å²) >= 11 is 0. The molecule has 0 aliphatic heterocycles. The Balaban J connectivity index is 0.870. The topological polar surface area (TPSA) is 53.4 Å². The molecule has 106 heavy (non-hydrogen) atoms. The lowest BCUT2D eigenvalue weighted by Crippen LogP contribution is -2.12. The Morgan fingerprint density at radius 3 is 0.840 bits per heavy atom. The molecule has 0 saturated carbocycles. The number of hydrogen-bond acceptors (Lipinski definition) is 1. The van der Waals surface area contributed by atoms with Crippen LogP contribution in [-0.4, -0.2) is 27.4 Å². The van der Waals surface area contributed by atoms with Gasteiger partial charge in [0.05, 0.1) is 100 Å². The van der Waals surface area contributed by atoms with Crippen LogP contribution in [-0.2, 0) is 12.4 Å². The van der Waals surface area contributed by atoms with Gasteiger partial charge in [-0.3, -0.25) is 0 Å². The molecule has 13 heteroatoms. The van der Waals surface area contributed by atoms with Crippen molar-refractivity contribution >= 4 is 131 Å². The van der Waals surface area contributed by atoms with E-state index in [1.54, 1.807) is 24.3 Å². The van der Waals surface area contributed by atoms with Crippen molar-refractivity contribution in [2.75, 3.05) is 0 Å². The fourth-order valence-electron chi connectivity index (χ4n) is 17.2. The summed E-state index contributed by atoms with van der Waals surface area (Å²) in [5, 5.41) is 23.4. The van der Waals surface area contributed by atoms with Crippen LogP contribution in [0, 0.1) is 11.3 Å². The van der Waals surface area contributed by atoms with Crippen molar-refractivity contribution in [1.82, 2.24) is 27.4 Å². The van der Waals surface area contributed by atoms with Gasteiger partial charge in [-0.1, -0.05) is 164 Å². The van der Waals surface area contributed by atoms with Gasteiger partial charge in [0, 0.05) is 98.5 Å². The van der Waals surface area contributed by atoms with E-state index in [0.717, 1.165) is 160 Å². The molecule has 0 fully saturated rings. The van der Waals surface area contributed by atoms with Gasteiger partial charge in [0.25, 0.3) is 0 Å². The molecule has 0 radical (unpaired) electrons. The van der Waals surface area contributed by atoms with Crippen molar-refractivity contribution in [2.45, 2.75) is 12.4 Å². The summed E-state index contributed by atoms with van der Waals surface area (Å²) in [5.41, 5.74) is 13.9. The van der Waals surface area contributed by atoms with Crippen LogP contribution in [0.4, 0.5) is 26.3 Å². The zero-order chi connectivity index (χ0) is 71.0. The first-order valence-electron chi connectivity index (χ1n) is 34.9. The molecule has 6 heterocycles. The van der Waals surface area contributed by atoms with E-state index in [1.807, 2.05) is 109 Å². The van der Waals surface area contributed by atoms with E-state index in [-0.39, 0.29) is 11.6 Å². The second-order valence-electron chi connectivity index (χ2n) is 27.3. The number of fused-ring (bicyclic) bond motifs is 18. The molecular formula is C93H53F6N7. The van der Waals surface area contributed by atoms with Gasteiger partial charge in [-0.25, -0.2) is 0 Å². The first kappa shape index (κ1) is 60.9. The van der Waals surface area contributed by atoms with E-state index < -0.39 is 29.0 Å². The van der Waals surface area contributed by atoms with Gasteiger partial charge >= 0.3 is 12.4 Å². The van der Waals surface area contributed by atoms with Crippen molar-refractivity contribution < 1.29 is 26.3 Å². The molecular weight excluding hydrogens is 1330 g/mol. The molecule has 15 aromatic carbocycles. The van der Waals surface area contributed by atoms with Crippen LogP contribution in [0.1, 0.15) is 16.7 Å². The van der Waals surface area contributed by atoms with Gasteiger partial charge in [0.15, 0.2) is 0 Å². The summed E-state index contributed by atoms with van der Waals surface area (Å²) in [4.78, 5) is 0. The Hall–Kier alpha value is -13.8. The van der Waals surface area contributed by atoms with Crippen molar-refractivity contribution in [3.05, 3.63) is 338 Å². The average molecular weight is 1380 g/mol. The van der Waals surface area contributed by atoms with Crippen LogP contribution in [0.15, 0.2) is 322 Å². The van der Waals surface area contributed by atoms with Gasteiger partial charge in [0.1, 0.15) is 0 Å². The highest BCUT2D eigenvalue weighted by Gasteiger charge is 2.39. The smallest absolute Gasteiger partial charge is 0.309 e. The molecule has 0 N–H and O–H groups in total. The van der Waals surface area contributed by atoms with Crippen molar-refractivity contribution in [1.29, 1.82) is 5.26 Å². The molecule has 21 aromatic rings. The van der Waals surface area contributed by atoms with Gasteiger partial charge < -0.3 is 27.4 Å². The summed E-state index contributed by atoms with van der Waals surface area (Å²) in [6.45, 7) is 0. The van der Waals surface area contributed by atoms with Crippen LogP contribution in [0.2, 0.25) is 0 Å². The maximum Gasteiger partial charge on any atom is 0.417 e. The number of nitrogens with zero attached hydrogens (tertiary/aromatic N) is 7. The van der Waals surface area contributed by atoms with E-state index in [2.05, 4.69) is 203 Å². The van der Waals surface area contributed by atoms with E-state index in [4.69, 9.17) is 0 Å². The molecule has 0 aliphatic rings. The summed E-state index contributed by atoms with van der Waals surface area (Å²) in [7, 11) is 0. The standard InChI is InChI=1S/C93H53F6N7/c94-92(95,96)57-35-41-62(77(49-57)93(97,98)99)56-34-42-86(105-87-43-36-58(101-78-25-9-1-17-63(78)64-18-2-10-26-79(64)101)50-73(87)74-51-59(37-44-88(74)105)102-80-27-11-3-19-65(80)66-20-4-12-28-81(66)102)72(48-56)71-40-33-55(54-100)47-91(71)106-89-45-38-60(103-82-29-13-5-21-67(82)68-22-6-14-30-83(68)103)52-75(89)76-53-61(39-46-90(76)106)104-84-31-15-7-23-69(84)70-24-8-16-32-85(70)104/h1-53H. The van der Waals surface area contributed by atoms with Crippen molar-refractivity contribution in [3.63, 3.8) is 0 Å². The van der Waals surface area contributed by atoms with E-state index >= 15 is 13.2 Å². The lowest BCUT2D eigenvalue weighted by atomic mass is 9.92. The third-order valence-corrected chi connectivity index (χ3v) is 21.7. The van der Waals surface area contributed by atoms with Crippen LogP contribution >= 0.6 is 0 Å². The predicted octanol–water partition coefficient (Wildman–Crippen LogP) is 25.5. The zero-order valence-corrected chi connectivity index (χ0v) is 56.0. The number of aromatic nitrogens is 6. The Labute approximate surface area is 599 Å².